The van der Waals surface area contributed by atoms with Crippen LogP contribution in [0.15, 0.2) is 0 Å². The monoisotopic (exact) mass is 214 g/mol. The van der Waals surface area contributed by atoms with E-state index in [1.54, 1.807) is 7.05 Å². The van der Waals surface area contributed by atoms with Crippen LogP contribution in [-0.2, 0) is 9.53 Å². The lowest BCUT2D eigenvalue weighted by Crippen LogP contribution is -2.46. The van der Waals surface area contributed by atoms with Crippen molar-refractivity contribution in [2.75, 3.05) is 20.2 Å². The summed E-state index contributed by atoms with van der Waals surface area (Å²) in [4.78, 5) is 11.5. The van der Waals surface area contributed by atoms with Crippen LogP contribution in [-0.4, -0.2) is 38.3 Å². The van der Waals surface area contributed by atoms with Crippen LogP contribution in [0.4, 0.5) is 0 Å². The van der Waals surface area contributed by atoms with E-state index in [4.69, 9.17) is 4.74 Å². The average Bonchev–Trinajstić information content (AvgIpc) is 2.60. The Morgan fingerprint density at radius 3 is 2.67 bits per heavy atom. The highest BCUT2D eigenvalue weighted by Gasteiger charge is 2.30. The highest BCUT2D eigenvalue weighted by molar-refractivity contribution is 5.81. The molecule has 0 saturated carbocycles. The summed E-state index contributed by atoms with van der Waals surface area (Å²) in [6.07, 6.45) is 1.29. The van der Waals surface area contributed by atoms with Crippen LogP contribution in [0.1, 0.15) is 27.2 Å². The number of ether oxygens (including phenoxy) is 1. The topological polar surface area (TPSA) is 50.4 Å². The highest BCUT2D eigenvalue weighted by atomic mass is 16.5. The molecule has 2 atom stereocenters. The van der Waals surface area contributed by atoms with Gasteiger partial charge in [-0.25, -0.2) is 0 Å². The molecule has 0 aromatic heterocycles. The first-order valence-electron chi connectivity index (χ1n) is 5.54. The van der Waals surface area contributed by atoms with Gasteiger partial charge in [0.15, 0.2) is 0 Å². The number of carbonyl (C=O) groups is 1. The Morgan fingerprint density at radius 2 is 2.20 bits per heavy atom. The molecule has 4 nitrogen and oxygen atoms in total. The van der Waals surface area contributed by atoms with E-state index in [2.05, 4.69) is 17.6 Å². The SMILES string of the molecule is CNC(=O)C(C)(C)CNC1CCOC1C. The zero-order chi connectivity index (χ0) is 11.5. The van der Waals surface area contributed by atoms with Crippen LogP contribution in [0.3, 0.4) is 0 Å². The minimum absolute atomic E-state index is 0.0709. The molecule has 1 aliphatic rings. The minimum Gasteiger partial charge on any atom is -0.377 e. The smallest absolute Gasteiger partial charge is 0.226 e. The van der Waals surface area contributed by atoms with Gasteiger partial charge in [-0.05, 0) is 27.2 Å². The second kappa shape index (κ2) is 4.94. The van der Waals surface area contributed by atoms with E-state index in [1.165, 1.54) is 0 Å². The van der Waals surface area contributed by atoms with Crippen molar-refractivity contribution in [1.82, 2.24) is 10.6 Å². The maximum Gasteiger partial charge on any atom is 0.226 e. The lowest BCUT2D eigenvalue weighted by molar-refractivity contribution is -0.128. The van der Waals surface area contributed by atoms with Gasteiger partial charge in [-0.2, -0.15) is 0 Å². The third-order valence-electron chi connectivity index (χ3n) is 3.02. The summed E-state index contributed by atoms with van der Waals surface area (Å²) in [7, 11) is 1.67. The second-order valence-corrected chi connectivity index (χ2v) is 4.81. The summed E-state index contributed by atoms with van der Waals surface area (Å²) < 4.78 is 5.45. The minimum atomic E-state index is -0.364. The number of nitrogens with one attached hydrogen (secondary N) is 2. The molecule has 0 aromatic carbocycles. The van der Waals surface area contributed by atoms with Gasteiger partial charge < -0.3 is 15.4 Å². The first-order chi connectivity index (χ1) is 6.97. The molecule has 1 amide bonds. The molecule has 15 heavy (non-hydrogen) atoms. The van der Waals surface area contributed by atoms with Gasteiger partial charge in [0.2, 0.25) is 5.91 Å². The highest BCUT2D eigenvalue weighted by Crippen LogP contribution is 2.17. The fourth-order valence-corrected chi connectivity index (χ4v) is 1.80. The summed E-state index contributed by atoms with van der Waals surface area (Å²) in [5, 5.41) is 6.08. The molecular formula is C11H22N2O2. The number of hydrogen-bond donors (Lipinski definition) is 2. The molecule has 0 bridgehead atoms. The number of rotatable bonds is 4. The zero-order valence-electron chi connectivity index (χ0n) is 10.1. The van der Waals surface area contributed by atoms with E-state index < -0.39 is 0 Å². The predicted molar refractivity (Wildman–Crippen MR) is 59.7 cm³/mol. The molecule has 0 radical (unpaired) electrons. The number of amides is 1. The predicted octanol–water partition coefficient (Wildman–Crippen LogP) is 0.526. The van der Waals surface area contributed by atoms with Crippen molar-refractivity contribution in [3.63, 3.8) is 0 Å². The van der Waals surface area contributed by atoms with Crippen molar-refractivity contribution in [3.8, 4) is 0 Å². The molecule has 88 valence electrons. The van der Waals surface area contributed by atoms with E-state index in [-0.39, 0.29) is 17.4 Å². The van der Waals surface area contributed by atoms with Crippen molar-refractivity contribution in [1.29, 1.82) is 0 Å². The molecule has 4 heteroatoms. The maximum atomic E-state index is 11.5. The largest absolute Gasteiger partial charge is 0.377 e. The first-order valence-corrected chi connectivity index (χ1v) is 5.54. The van der Waals surface area contributed by atoms with Gasteiger partial charge in [0.1, 0.15) is 0 Å². The Kier molecular flexibility index (Phi) is 4.11. The molecule has 2 N–H and O–H groups in total. The van der Waals surface area contributed by atoms with E-state index >= 15 is 0 Å². The zero-order valence-corrected chi connectivity index (χ0v) is 10.1. The van der Waals surface area contributed by atoms with Crippen molar-refractivity contribution in [3.05, 3.63) is 0 Å². The van der Waals surface area contributed by atoms with Crippen molar-refractivity contribution >= 4 is 5.91 Å². The Morgan fingerprint density at radius 1 is 1.53 bits per heavy atom. The molecular weight excluding hydrogens is 192 g/mol. The Balaban J connectivity index is 2.38. The van der Waals surface area contributed by atoms with Gasteiger partial charge in [0.25, 0.3) is 0 Å². The normalized spacial score (nSPS) is 26.7. The van der Waals surface area contributed by atoms with Gasteiger partial charge in [-0.15, -0.1) is 0 Å². The molecule has 1 rings (SSSR count). The quantitative estimate of drug-likeness (QED) is 0.717. The molecule has 0 spiro atoms. The molecule has 2 unspecified atom stereocenters. The summed E-state index contributed by atoms with van der Waals surface area (Å²) in [5.74, 6) is 0.0709. The average molecular weight is 214 g/mol. The van der Waals surface area contributed by atoms with Gasteiger partial charge in [0, 0.05) is 26.2 Å². The molecule has 0 aromatic rings. The fraction of sp³-hybridized carbons (Fsp3) is 0.909. The van der Waals surface area contributed by atoms with Gasteiger partial charge in [0.05, 0.1) is 11.5 Å². The Hall–Kier alpha value is -0.610. The Bertz CT molecular complexity index is 229. The lowest BCUT2D eigenvalue weighted by Gasteiger charge is -2.26. The van der Waals surface area contributed by atoms with Crippen molar-refractivity contribution < 1.29 is 9.53 Å². The van der Waals surface area contributed by atoms with Crippen molar-refractivity contribution in [2.45, 2.75) is 39.3 Å². The van der Waals surface area contributed by atoms with Crippen LogP contribution >= 0.6 is 0 Å². The Labute approximate surface area is 91.8 Å². The third kappa shape index (κ3) is 3.18. The van der Waals surface area contributed by atoms with Gasteiger partial charge >= 0.3 is 0 Å². The fourth-order valence-electron chi connectivity index (χ4n) is 1.80. The molecule has 1 aliphatic heterocycles. The van der Waals surface area contributed by atoms with Crippen molar-refractivity contribution in [2.24, 2.45) is 5.41 Å². The van der Waals surface area contributed by atoms with Crippen LogP contribution in [0.5, 0.6) is 0 Å². The van der Waals surface area contributed by atoms with E-state index in [0.717, 1.165) is 13.0 Å². The molecule has 1 fully saturated rings. The van der Waals surface area contributed by atoms with Crippen LogP contribution in [0.25, 0.3) is 0 Å². The molecule has 0 aliphatic carbocycles. The van der Waals surface area contributed by atoms with Gasteiger partial charge in [-0.3, -0.25) is 4.79 Å². The summed E-state index contributed by atoms with van der Waals surface area (Å²) in [5.41, 5.74) is -0.364. The second-order valence-electron chi connectivity index (χ2n) is 4.81. The number of hydrogen-bond acceptors (Lipinski definition) is 3. The van der Waals surface area contributed by atoms with Crippen LogP contribution in [0, 0.1) is 5.41 Å². The third-order valence-corrected chi connectivity index (χ3v) is 3.02. The molecule has 1 heterocycles. The summed E-state index contributed by atoms with van der Waals surface area (Å²) in [6, 6.07) is 0.383. The van der Waals surface area contributed by atoms with Crippen LogP contribution in [0.2, 0.25) is 0 Å². The van der Waals surface area contributed by atoms with E-state index in [0.29, 0.717) is 12.6 Å². The maximum absolute atomic E-state index is 11.5. The van der Waals surface area contributed by atoms with E-state index in [1.807, 2.05) is 13.8 Å². The molecule has 1 saturated heterocycles. The first kappa shape index (κ1) is 12.5. The summed E-state index contributed by atoms with van der Waals surface area (Å²) >= 11 is 0. The lowest BCUT2D eigenvalue weighted by atomic mass is 9.91. The standard InChI is InChI=1S/C11H22N2O2/c1-8-9(5-6-15-8)13-7-11(2,3)10(14)12-4/h8-9,13H,5-7H2,1-4H3,(H,12,14). The van der Waals surface area contributed by atoms with E-state index in [9.17, 15) is 4.79 Å². The summed E-state index contributed by atoms with van der Waals surface area (Å²) in [6.45, 7) is 7.46. The number of carbonyl (C=O) groups excluding carboxylic acids is 1. The van der Waals surface area contributed by atoms with Gasteiger partial charge in [-0.1, -0.05) is 0 Å². The van der Waals surface area contributed by atoms with Crippen LogP contribution < -0.4 is 10.6 Å².